The number of carbonyl (C=O) groups is 3. The smallest absolute Gasteiger partial charge is 0.320 e. The van der Waals surface area contributed by atoms with E-state index in [1.54, 1.807) is 24.8 Å². The Morgan fingerprint density at radius 2 is 2.05 bits per heavy atom. The molecule has 0 aliphatic carbocycles. The number of imide groups is 1. The number of hydrogen-bond donors (Lipinski definition) is 1. The van der Waals surface area contributed by atoms with Gasteiger partial charge in [-0.05, 0) is 25.6 Å². The molecule has 0 aromatic carbocycles. The minimum atomic E-state index is -0.604. The zero-order chi connectivity index (χ0) is 15.0. The average Bonchev–Trinajstić information content (AvgIpc) is 2.92. The highest BCUT2D eigenvalue weighted by molar-refractivity contribution is 6.03. The number of nitrogens with zero attached hydrogens (tertiary/aromatic N) is 1. The van der Waals surface area contributed by atoms with Gasteiger partial charge in [0.15, 0.2) is 5.76 Å². The van der Waals surface area contributed by atoms with E-state index in [-0.39, 0.29) is 18.8 Å². The number of ether oxygens (including phenoxy) is 1. The van der Waals surface area contributed by atoms with Crippen molar-refractivity contribution in [3.63, 3.8) is 0 Å². The largest absolute Gasteiger partial charge is 0.465 e. The van der Waals surface area contributed by atoms with Crippen LogP contribution in [0.3, 0.4) is 0 Å². The molecular weight excluding hydrogens is 264 g/mol. The Hall–Kier alpha value is -2.15. The number of rotatable bonds is 7. The zero-order valence-electron chi connectivity index (χ0n) is 11.5. The van der Waals surface area contributed by atoms with Crippen molar-refractivity contribution in [3.8, 4) is 0 Å². The molecule has 0 radical (unpaired) electrons. The summed E-state index contributed by atoms with van der Waals surface area (Å²) in [4.78, 5) is 36.2. The molecule has 0 unspecified atom stereocenters. The van der Waals surface area contributed by atoms with E-state index in [4.69, 9.17) is 9.15 Å². The summed E-state index contributed by atoms with van der Waals surface area (Å²) in [7, 11) is 0. The second-order valence-corrected chi connectivity index (χ2v) is 3.96. The molecule has 7 nitrogen and oxygen atoms in total. The lowest BCUT2D eigenvalue weighted by atomic mass is 10.4. The van der Waals surface area contributed by atoms with Crippen LogP contribution < -0.4 is 5.32 Å². The predicted molar refractivity (Wildman–Crippen MR) is 69.9 cm³/mol. The molecule has 1 N–H and O–H groups in total. The highest BCUT2D eigenvalue weighted by Crippen LogP contribution is 1.99. The van der Waals surface area contributed by atoms with Crippen molar-refractivity contribution in [2.45, 2.75) is 13.8 Å². The van der Waals surface area contributed by atoms with Crippen molar-refractivity contribution >= 4 is 17.8 Å². The Labute approximate surface area is 116 Å². The highest BCUT2D eigenvalue weighted by Gasteiger charge is 2.17. The van der Waals surface area contributed by atoms with Gasteiger partial charge in [-0.2, -0.15) is 0 Å². The standard InChI is InChI=1S/C13H18N2O5/c1-3-15(9-12(17)19-4-2)8-11(16)14-13(18)10-6-5-7-20-10/h5-7H,3-4,8-9H2,1-2H3,(H,14,16,18). The van der Waals surface area contributed by atoms with Gasteiger partial charge in [0, 0.05) is 0 Å². The first-order chi connectivity index (χ1) is 9.56. The van der Waals surface area contributed by atoms with Crippen LogP contribution in [0.4, 0.5) is 0 Å². The highest BCUT2D eigenvalue weighted by atomic mass is 16.5. The van der Waals surface area contributed by atoms with E-state index in [1.807, 2.05) is 0 Å². The van der Waals surface area contributed by atoms with E-state index in [9.17, 15) is 14.4 Å². The molecular formula is C13H18N2O5. The lowest BCUT2D eigenvalue weighted by Gasteiger charge is -2.18. The van der Waals surface area contributed by atoms with Gasteiger partial charge in [0.1, 0.15) is 0 Å². The number of hydrogen-bond acceptors (Lipinski definition) is 6. The van der Waals surface area contributed by atoms with Crippen LogP contribution in [-0.2, 0) is 14.3 Å². The molecule has 0 aliphatic rings. The Morgan fingerprint density at radius 1 is 1.30 bits per heavy atom. The van der Waals surface area contributed by atoms with Crippen LogP contribution in [0.5, 0.6) is 0 Å². The van der Waals surface area contributed by atoms with Gasteiger partial charge in [0.2, 0.25) is 5.91 Å². The molecule has 2 amide bonds. The summed E-state index contributed by atoms with van der Waals surface area (Å²) in [5.74, 6) is -1.45. The molecule has 0 saturated carbocycles. The maximum Gasteiger partial charge on any atom is 0.320 e. The third kappa shape index (κ3) is 5.23. The van der Waals surface area contributed by atoms with E-state index in [2.05, 4.69) is 5.32 Å². The summed E-state index contributed by atoms with van der Waals surface area (Å²) >= 11 is 0. The summed E-state index contributed by atoms with van der Waals surface area (Å²) in [5.41, 5.74) is 0. The van der Waals surface area contributed by atoms with Gasteiger partial charge in [-0.25, -0.2) is 0 Å². The maximum atomic E-state index is 11.7. The molecule has 1 rings (SSSR count). The molecule has 7 heteroatoms. The van der Waals surface area contributed by atoms with Gasteiger partial charge < -0.3 is 9.15 Å². The Morgan fingerprint density at radius 3 is 2.60 bits per heavy atom. The number of nitrogens with one attached hydrogen (secondary N) is 1. The van der Waals surface area contributed by atoms with Crippen molar-refractivity contribution in [2.24, 2.45) is 0 Å². The lowest BCUT2D eigenvalue weighted by Crippen LogP contribution is -2.42. The molecule has 1 aromatic rings. The first-order valence-corrected chi connectivity index (χ1v) is 6.32. The zero-order valence-corrected chi connectivity index (χ0v) is 11.5. The van der Waals surface area contributed by atoms with Crippen LogP contribution in [0.15, 0.2) is 22.8 Å². The molecule has 0 atom stereocenters. The first kappa shape index (κ1) is 15.9. The normalized spacial score (nSPS) is 10.3. The maximum absolute atomic E-state index is 11.7. The van der Waals surface area contributed by atoms with Gasteiger partial charge in [0.05, 0.1) is 26.0 Å². The van der Waals surface area contributed by atoms with Crippen LogP contribution in [0.25, 0.3) is 0 Å². The summed E-state index contributed by atoms with van der Waals surface area (Å²) in [6.45, 7) is 4.24. The second-order valence-electron chi connectivity index (χ2n) is 3.96. The van der Waals surface area contributed by atoms with Crippen LogP contribution in [0.1, 0.15) is 24.4 Å². The van der Waals surface area contributed by atoms with Gasteiger partial charge >= 0.3 is 5.97 Å². The van der Waals surface area contributed by atoms with E-state index in [0.29, 0.717) is 13.2 Å². The monoisotopic (exact) mass is 282 g/mol. The van der Waals surface area contributed by atoms with Crippen LogP contribution in [0.2, 0.25) is 0 Å². The second kappa shape index (κ2) is 8.11. The topological polar surface area (TPSA) is 88.9 Å². The molecule has 1 aromatic heterocycles. The Balaban J connectivity index is 2.43. The molecule has 0 saturated heterocycles. The van der Waals surface area contributed by atoms with Gasteiger partial charge in [0.25, 0.3) is 5.91 Å². The van der Waals surface area contributed by atoms with Crippen LogP contribution >= 0.6 is 0 Å². The van der Waals surface area contributed by atoms with Gasteiger partial charge in [-0.15, -0.1) is 0 Å². The van der Waals surface area contributed by atoms with Gasteiger partial charge in [-0.3, -0.25) is 24.6 Å². The first-order valence-electron chi connectivity index (χ1n) is 6.32. The predicted octanol–water partition coefficient (Wildman–Crippen LogP) is 0.421. The number of likely N-dealkylation sites (N-methyl/N-ethyl adjacent to an activating group) is 1. The number of amides is 2. The van der Waals surface area contributed by atoms with Crippen molar-refractivity contribution in [2.75, 3.05) is 26.2 Å². The van der Waals surface area contributed by atoms with E-state index < -0.39 is 17.8 Å². The van der Waals surface area contributed by atoms with Crippen LogP contribution in [-0.4, -0.2) is 48.9 Å². The fourth-order valence-corrected chi connectivity index (χ4v) is 1.51. The number of furan rings is 1. The fourth-order valence-electron chi connectivity index (χ4n) is 1.51. The molecule has 0 spiro atoms. The van der Waals surface area contributed by atoms with E-state index in [1.165, 1.54) is 12.3 Å². The Kier molecular flexibility index (Phi) is 6.45. The molecule has 1 heterocycles. The van der Waals surface area contributed by atoms with Gasteiger partial charge in [-0.1, -0.05) is 6.92 Å². The van der Waals surface area contributed by atoms with Crippen molar-refractivity contribution in [1.29, 1.82) is 0 Å². The minimum Gasteiger partial charge on any atom is -0.465 e. The molecule has 0 aliphatic heterocycles. The summed E-state index contributed by atoms with van der Waals surface area (Å²) in [6, 6.07) is 3.01. The van der Waals surface area contributed by atoms with E-state index >= 15 is 0 Å². The third-order valence-electron chi connectivity index (χ3n) is 2.47. The summed E-state index contributed by atoms with van der Waals surface area (Å²) in [6.07, 6.45) is 1.35. The molecule has 20 heavy (non-hydrogen) atoms. The summed E-state index contributed by atoms with van der Waals surface area (Å²) in [5, 5.41) is 2.19. The third-order valence-corrected chi connectivity index (χ3v) is 2.47. The lowest BCUT2D eigenvalue weighted by molar-refractivity contribution is -0.144. The van der Waals surface area contributed by atoms with Crippen molar-refractivity contribution < 1.29 is 23.5 Å². The summed E-state index contributed by atoms with van der Waals surface area (Å²) < 4.78 is 9.67. The molecule has 0 fully saturated rings. The molecule has 110 valence electrons. The minimum absolute atomic E-state index is 0.00665. The fraction of sp³-hybridized carbons (Fsp3) is 0.462. The van der Waals surface area contributed by atoms with Crippen LogP contribution in [0, 0.1) is 0 Å². The SMILES string of the molecule is CCOC(=O)CN(CC)CC(=O)NC(=O)c1ccco1. The average molecular weight is 282 g/mol. The molecule has 0 bridgehead atoms. The van der Waals surface area contributed by atoms with Crippen molar-refractivity contribution in [1.82, 2.24) is 10.2 Å². The van der Waals surface area contributed by atoms with Crippen molar-refractivity contribution in [3.05, 3.63) is 24.2 Å². The number of carbonyl (C=O) groups excluding carboxylic acids is 3. The number of esters is 1. The quantitative estimate of drug-likeness (QED) is 0.729. The van der Waals surface area contributed by atoms with E-state index in [0.717, 1.165) is 0 Å². The Bertz CT molecular complexity index is 455.